The highest BCUT2D eigenvalue weighted by molar-refractivity contribution is 6.29. The van der Waals surface area contributed by atoms with Gasteiger partial charge in [0.15, 0.2) is 0 Å². The molecule has 0 fully saturated rings. The Hall–Kier alpha value is -2.01. The summed E-state index contributed by atoms with van der Waals surface area (Å²) in [5.74, 6) is 0. The fourth-order valence-electron chi connectivity index (χ4n) is 1.51. The van der Waals surface area contributed by atoms with E-state index in [0.717, 1.165) is 5.56 Å². The van der Waals surface area contributed by atoms with Crippen molar-refractivity contribution in [2.24, 2.45) is 0 Å². The van der Waals surface area contributed by atoms with Crippen LogP contribution in [0.5, 0.6) is 0 Å². The quantitative estimate of drug-likeness (QED) is 0.466. The van der Waals surface area contributed by atoms with Gasteiger partial charge < -0.3 is 0 Å². The molecule has 0 saturated heterocycles. The number of nitrogens with zero attached hydrogens (tertiary/aromatic N) is 3. The summed E-state index contributed by atoms with van der Waals surface area (Å²) in [7, 11) is 0. The molecule has 5 nitrogen and oxygen atoms in total. The molecule has 0 aromatic carbocycles. The maximum Gasteiger partial charge on any atom is 0.295 e. The molecule has 2 aromatic heterocycles. The SMILES string of the molecule is Cc1cnccc1-c1nc(Cl)ccc1[N+](=O)[O-]. The van der Waals surface area contributed by atoms with Gasteiger partial charge in [-0.1, -0.05) is 11.6 Å². The van der Waals surface area contributed by atoms with Crippen LogP contribution in [0.1, 0.15) is 5.56 Å². The number of aryl methyl sites for hydroxylation is 1. The summed E-state index contributed by atoms with van der Waals surface area (Å²) in [6.45, 7) is 1.81. The highest BCUT2D eigenvalue weighted by Gasteiger charge is 2.18. The fraction of sp³-hybridized carbons (Fsp3) is 0.0909. The van der Waals surface area contributed by atoms with E-state index in [1.54, 1.807) is 18.5 Å². The number of pyridine rings is 2. The van der Waals surface area contributed by atoms with Crippen LogP contribution in [0.3, 0.4) is 0 Å². The summed E-state index contributed by atoms with van der Waals surface area (Å²) in [5.41, 5.74) is 1.67. The van der Waals surface area contributed by atoms with Crippen LogP contribution in [0.2, 0.25) is 5.15 Å². The predicted octanol–water partition coefficient (Wildman–Crippen LogP) is 3.01. The first-order chi connectivity index (χ1) is 8.09. The molecule has 6 heteroatoms. The van der Waals surface area contributed by atoms with Crippen molar-refractivity contribution in [1.29, 1.82) is 0 Å². The Kier molecular flexibility index (Phi) is 3.01. The molecule has 0 aliphatic rings. The molecule has 0 aliphatic heterocycles. The van der Waals surface area contributed by atoms with Crippen molar-refractivity contribution in [3.63, 3.8) is 0 Å². The first kappa shape index (κ1) is 11.5. The highest BCUT2D eigenvalue weighted by Crippen LogP contribution is 2.30. The van der Waals surface area contributed by atoms with E-state index in [0.29, 0.717) is 5.56 Å². The van der Waals surface area contributed by atoms with E-state index in [1.165, 1.54) is 12.1 Å². The second-order valence-electron chi connectivity index (χ2n) is 3.45. The Labute approximate surface area is 102 Å². The molecule has 2 aromatic rings. The number of rotatable bonds is 2. The minimum atomic E-state index is -0.474. The van der Waals surface area contributed by atoms with E-state index in [-0.39, 0.29) is 16.5 Å². The van der Waals surface area contributed by atoms with Crippen molar-refractivity contribution >= 4 is 17.3 Å². The van der Waals surface area contributed by atoms with Gasteiger partial charge in [0.05, 0.1) is 4.92 Å². The van der Waals surface area contributed by atoms with Gasteiger partial charge in [-0.15, -0.1) is 0 Å². The zero-order chi connectivity index (χ0) is 12.4. The van der Waals surface area contributed by atoms with Crippen molar-refractivity contribution in [3.8, 4) is 11.3 Å². The Morgan fingerprint density at radius 1 is 1.35 bits per heavy atom. The molecule has 0 saturated carbocycles. The molecule has 0 N–H and O–H groups in total. The monoisotopic (exact) mass is 249 g/mol. The summed E-state index contributed by atoms with van der Waals surface area (Å²) in [4.78, 5) is 18.4. The molecule has 0 atom stereocenters. The van der Waals surface area contributed by atoms with Crippen molar-refractivity contribution in [2.45, 2.75) is 6.92 Å². The first-order valence-electron chi connectivity index (χ1n) is 4.81. The molecule has 86 valence electrons. The van der Waals surface area contributed by atoms with Crippen molar-refractivity contribution in [3.05, 3.63) is 51.4 Å². The molecule has 0 unspecified atom stereocenters. The van der Waals surface area contributed by atoms with Crippen LogP contribution >= 0.6 is 11.6 Å². The first-order valence-corrected chi connectivity index (χ1v) is 5.19. The highest BCUT2D eigenvalue weighted by atomic mass is 35.5. The van der Waals surface area contributed by atoms with E-state index >= 15 is 0 Å². The van der Waals surface area contributed by atoms with Gasteiger partial charge in [0.2, 0.25) is 0 Å². The molecule has 0 spiro atoms. The molecule has 0 bridgehead atoms. The van der Waals surface area contributed by atoms with Gasteiger partial charge >= 0.3 is 0 Å². The molecular weight excluding hydrogens is 242 g/mol. The van der Waals surface area contributed by atoms with Gasteiger partial charge in [0.1, 0.15) is 10.8 Å². The summed E-state index contributed by atoms with van der Waals surface area (Å²) >= 11 is 5.77. The second-order valence-corrected chi connectivity index (χ2v) is 3.84. The van der Waals surface area contributed by atoms with Gasteiger partial charge in [-0.05, 0) is 24.6 Å². The van der Waals surface area contributed by atoms with Crippen LogP contribution in [-0.4, -0.2) is 14.9 Å². The van der Waals surface area contributed by atoms with Crippen LogP contribution in [0.25, 0.3) is 11.3 Å². The number of hydrogen-bond donors (Lipinski definition) is 0. The lowest BCUT2D eigenvalue weighted by atomic mass is 10.1. The molecule has 0 aliphatic carbocycles. The predicted molar refractivity (Wildman–Crippen MR) is 63.9 cm³/mol. The average Bonchev–Trinajstić information content (AvgIpc) is 2.29. The van der Waals surface area contributed by atoms with Crippen LogP contribution in [-0.2, 0) is 0 Å². The maximum absolute atomic E-state index is 10.9. The third kappa shape index (κ3) is 2.24. The number of hydrogen-bond acceptors (Lipinski definition) is 4. The van der Waals surface area contributed by atoms with Crippen LogP contribution < -0.4 is 0 Å². The summed E-state index contributed by atoms with van der Waals surface area (Å²) in [6.07, 6.45) is 3.19. The second kappa shape index (κ2) is 4.47. The van der Waals surface area contributed by atoms with Crippen LogP contribution in [0, 0.1) is 17.0 Å². The summed E-state index contributed by atoms with van der Waals surface area (Å²) < 4.78 is 0. The standard InChI is InChI=1S/C11H8ClN3O2/c1-7-6-13-5-4-8(7)11-9(15(16)17)2-3-10(12)14-11/h2-6H,1H3. The maximum atomic E-state index is 10.9. The van der Waals surface area contributed by atoms with E-state index in [2.05, 4.69) is 9.97 Å². The van der Waals surface area contributed by atoms with E-state index in [9.17, 15) is 10.1 Å². The van der Waals surface area contributed by atoms with E-state index in [1.807, 2.05) is 6.92 Å². The minimum Gasteiger partial charge on any atom is -0.264 e. The average molecular weight is 250 g/mol. The number of halogens is 1. The van der Waals surface area contributed by atoms with E-state index < -0.39 is 4.92 Å². The smallest absolute Gasteiger partial charge is 0.264 e. The molecule has 17 heavy (non-hydrogen) atoms. The summed E-state index contributed by atoms with van der Waals surface area (Å²) in [6, 6.07) is 4.44. The van der Waals surface area contributed by atoms with Gasteiger partial charge in [0.25, 0.3) is 5.69 Å². The normalized spacial score (nSPS) is 10.2. The van der Waals surface area contributed by atoms with Crippen molar-refractivity contribution in [2.75, 3.05) is 0 Å². The Bertz CT molecular complexity index is 587. The van der Waals surface area contributed by atoms with Gasteiger partial charge in [-0.2, -0.15) is 0 Å². The lowest BCUT2D eigenvalue weighted by molar-refractivity contribution is -0.384. The lowest BCUT2D eigenvalue weighted by Crippen LogP contribution is -1.96. The number of aromatic nitrogens is 2. The van der Waals surface area contributed by atoms with Crippen LogP contribution in [0.15, 0.2) is 30.6 Å². The van der Waals surface area contributed by atoms with Gasteiger partial charge in [0, 0.05) is 24.0 Å². The fourth-order valence-corrected chi connectivity index (χ4v) is 1.66. The zero-order valence-electron chi connectivity index (χ0n) is 8.92. The third-order valence-corrected chi connectivity index (χ3v) is 2.52. The summed E-state index contributed by atoms with van der Waals surface area (Å²) in [5, 5.41) is 11.1. The Morgan fingerprint density at radius 3 is 2.76 bits per heavy atom. The lowest BCUT2D eigenvalue weighted by Gasteiger charge is -2.05. The molecule has 0 radical (unpaired) electrons. The van der Waals surface area contributed by atoms with Crippen LogP contribution in [0.4, 0.5) is 5.69 Å². The van der Waals surface area contributed by atoms with Gasteiger partial charge in [-0.25, -0.2) is 4.98 Å². The number of nitro groups is 1. The molecule has 0 amide bonds. The van der Waals surface area contributed by atoms with Gasteiger partial charge in [-0.3, -0.25) is 15.1 Å². The van der Waals surface area contributed by atoms with Crippen molar-refractivity contribution in [1.82, 2.24) is 9.97 Å². The molecular formula is C11H8ClN3O2. The topological polar surface area (TPSA) is 68.9 Å². The Balaban J connectivity index is 2.70. The third-order valence-electron chi connectivity index (χ3n) is 2.31. The molecule has 2 rings (SSSR count). The zero-order valence-corrected chi connectivity index (χ0v) is 9.68. The van der Waals surface area contributed by atoms with Crippen molar-refractivity contribution < 1.29 is 4.92 Å². The largest absolute Gasteiger partial charge is 0.295 e. The minimum absolute atomic E-state index is 0.0660. The Morgan fingerprint density at radius 2 is 2.12 bits per heavy atom. The van der Waals surface area contributed by atoms with E-state index in [4.69, 9.17) is 11.6 Å². The molecule has 2 heterocycles.